The second-order valence-electron chi connectivity index (χ2n) is 7.06. The van der Waals surface area contributed by atoms with Gasteiger partial charge in [0.1, 0.15) is 5.25 Å². The minimum absolute atomic E-state index is 0.0512. The van der Waals surface area contributed by atoms with Crippen LogP contribution < -0.4 is 10.6 Å². The van der Waals surface area contributed by atoms with Crippen molar-refractivity contribution in [3.05, 3.63) is 90.5 Å². The van der Waals surface area contributed by atoms with E-state index in [0.29, 0.717) is 11.4 Å². The number of anilines is 2. The van der Waals surface area contributed by atoms with Gasteiger partial charge >= 0.3 is 0 Å². The van der Waals surface area contributed by atoms with Gasteiger partial charge in [-0.1, -0.05) is 54.6 Å². The van der Waals surface area contributed by atoms with Crippen LogP contribution in [0.1, 0.15) is 23.7 Å². The smallest absolute Gasteiger partial charge is 0.242 e. The predicted molar refractivity (Wildman–Crippen MR) is 118 cm³/mol. The molecule has 146 valence electrons. The predicted octanol–water partition coefficient (Wildman–Crippen LogP) is 5.51. The highest BCUT2D eigenvalue weighted by atomic mass is 32.2. The lowest BCUT2D eigenvalue weighted by atomic mass is 10.1. The largest absolute Gasteiger partial charge is 0.326 e. The lowest BCUT2D eigenvalue weighted by molar-refractivity contribution is -0.117. The van der Waals surface area contributed by atoms with Gasteiger partial charge in [-0.05, 0) is 48.7 Å². The quantitative estimate of drug-likeness (QED) is 0.513. The number of carbonyl (C=O) groups is 2. The van der Waals surface area contributed by atoms with Crippen LogP contribution in [0.5, 0.6) is 0 Å². The molecule has 1 unspecified atom stereocenters. The van der Waals surface area contributed by atoms with Crippen molar-refractivity contribution in [1.82, 2.24) is 0 Å². The van der Waals surface area contributed by atoms with E-state index in [1.807, 2.05) is 78.9 Å². The summed E-state index contributed by atoms with van der Waals surface area (Å²) in [6.07, 6.45) is 1.91. The first-order valence-corrected chi connectivity index (χ1v) is 10.6. The first kappa shape index (κ1) is 19.3. The van der Waals surface area contributed by atoms with E-state index in [9.17, 15) is 9.59 Å². The molecule has 1 aliphatic rings. The molecule has 2 N–H and O–H groups in total. The highest BCUT2D eigenvalue weighted by Crippen LogP contribution is 2.36. The normalized spacial score (nSPS) is 14.1. The molecule has 4 nitrogen and oxygen atoms in total. The van der Waals surface area contributed by atoms with E-state index >= 15 is 0 Å². The van der Waals surface area contributed by atoms with Crippen LogP contribution in [0.2, 0.25) is 0 Å². The molecule has 0 saturated heterocycles. The zero-order valence-electron chi connectivity index (χ0n) is 15.9. The van der Waals surface area contributed by atoms with Crippen LogP contribution in [-0.4, -0.2) is 11.8 Å². The summed E-state index contributed by atoms with van der Waals surface area (Å²) in [6, 6.07) is 27.0. The van der Waals surface area contributed by atoms with Gasteiger partial charge in [-0.2, -0.15) is 0 Å². The summed E-state index contributed by atoms with van der Waals surface area (Å²) >= 11 is 1.51. The van der Waals surface area contributed by atoms with Gasteiger partial charge in [0.05, 0.1) is 0 Å². The SMILES string of the molecule is O=C(Nc1cccc(NC(=O)C(Sc2ccccc2)c2ccccc2)c1)C1CC1. The van der Waals surface area contributed by atoms with Gasteiger partial charge in [0.2, 0.25) is 11.8 Å². The summed E-state index contributed by atoms with van der Waals surface area (Å²) in [5, 5.41) is 5.55. The van der Waals surface area contributed by atoms with Crippen molar-refractivity contribution < 1.29 is 9.59 Å². The average Bonchev–Trinajstić information content (AvgIpc) is 3.59. The minimum atomic E-state index is -0.386. The Hall–Kier alpha value is -3.05. The third-order valence-corrected chi connectivity index (χ3v) is 5.95. The fourth-order valence-electron chi connectivity index (χ4n) is 3.01. The Morgan fingerprint density at radius 1 is 0.793 bits per heavy atom. The van der Waals surface area contributed by atoms with Crippen LogP contribution in [0.4, 0.5) is 11.4 Å². The first-order chi connectivity index (χ1) is 14.2. The Morgan fingerprint density at radius 2 is 1.41 bits per heavy atom. The van der Waals surface area contributed by atoms with E-state index in [-0.39, 0.29) is 23.0 Å². The highest BCUT2D eigenvalue weighted by Gasteiger charge is 2.29. The van der Waals surface area contributed by atoms with Crippen molar-refractivity contribution in [2.75, 3.05) is 10.6 Å². The highest BCUT2D eigenvalue weighted by molar-refractivity contribution is 8.00. The molecule has 1 fully saturated rings. The fraction of sp³-hybridized carbons (Fsp3) is 0.167. The number of carbonyl (C=O) groups excluding carboxylic acids is 2. The summed E-state index contributed by atoms with van der Waals surface area (Å²) in [4.78, 5) is 26.2. The van der Waals surface area contributed by atoms with E-state index in [1.54, 1.807) is 6.07 Å². The second-order valence-corrected chi connectivity index (χ2v) is 8.23. The summed E-state index contributed by atoms with van der Waals surface area (Å²) in [7, 11) is 0. The molecule has 1 atom stereocenters. The molecule has 3 aromatic carbocycles. The van der Waals surface area contributed by atoms with Crippen LogP contribution in [0.3, 0.4) is 0 Å². The molecular formula is C24H22N2O2S. The van der Waals surface area contributed by atoms with Crippen LogP contribution >= 0.6 is 11.8 Å². The lowest BCUT2D eigenvalue weighted by Crippen LogP contribution is -2.19. The van der Waals surface area contributed by atoms with E-state index in [1.165, 1.54) is 11.8 Å². The number of amides is 2. The Kier molecular flexibility index (Phi) is 5.96. The molecule has 3 aromatic rings. The zero-order chi connectivity index (χ0) is 20.1. The number of hydrogen-bond acceptors (Lipinski definition) is 3. The molecule has 4 rings (SSSR count). The van der Waals surface area contributed by atoms with E-state index < -0.39 is 0 Å². The van der Waals surface area contributed by atoms with Crippen molar-refractivity contribution in [2.24, 2.45) is 5.92 Å². The average molecular weight is 403 g/mol. The first-order valence-electron chi connectivity index (χ1n) is 9.67. The summed E-state index contributed by atoms with van der Waals surface area (Å²) in [6.45, 7) is 0. The number of benzene rings is 3. The van der Waals surface area contributed by atoms with Crippen molar-refractivity contribution in [1.29, 1.82) is 0 Å². The Balaban J connectivity index is 1.51. The van der Waals surface area contributed by atoms with E-state index in [4.69, 9.17) is 0 Å². The molecule has 0 spiro atoms. The van der Waals surface area contributed by atoms with Crippen LogP contribution in [0, 0.1) is 5.92 Å². The van der Waals surface area contributed by atoms with Crippen LogP contribution in [0.15, 0.2) is 89.8 Å². The molecule has 0 radical (unpaired) electrons. The second kappa shape index (κ2) is 8.97. The molecule has 0 aromatic heterocycles. The lowest BCUT2D eigenvalue weighted by Gasteiger charge is -2.17. The van der Waals surface area contributed by atoms with Crippen molar-refractivity contribution >= 4 is 35.0 Å². The van der Waals surface area contributed by atoms with Crippen molar-refractivity contribution in [3.63, 3.8) is 0 Å². The molecule has 29 heavy (non-hydrogen) atoms. The number of rotatable bonds is 7. The van der Waals surface area contributed by atoms with Gasteiger partial charge in [0, 0.05) is 22.2 Å². The maximum absolute atomic E-state index is 13.1. The zero-order valence-corrected chi connectivity index (χ0v) is 16.7. The molecule has 0 aliphatic heterocycles. The van der Waals surface area contributed by atoms with Crippen molar-refractivity contribution in [3.8, 4) is 0 Å². The summed E-state index contributed by atoms with van der Waals surface area (Å²) in [5.74, 6) is 0.0870. The number of thioether (sulfide) groups is 1. The molecule has 1 saturated carbocycles. The standard InChI is InChI=1S/C24H22N2O2S/c27-23(18-14-15-18)25-19-10-7-11-20(16-19)26-24(28)22(17-8-3-1-4-9-17)29-21-12-5-2-6-13-21/h1-13,16,18,22H,14-15H2,(H,25,27)(H,26,28). The maximum atomic E-state index is 13.1. The Bertz CT molecular complexity index is 988. The minimum Gasteiger partial charge on any atom is -0.326 e. The van der Waals surface area contributed by atoms with E-state index in [2.05, 4.69) is 10.6 Å². The fourth-order valence-corrected chi connectivity index (χ4v) is 4.05. The maximum Gasteiger partial charge on any atom is 0.242 e. The Labute approximate surface area is 174 Å². The third-order valence-electron chi connectivity index (χ3n) is 4.68. The van der Waals surface area contributed by atoms with Gasteiger partial charge in [-0.25, -0.2) is 0 Å². The van der Waals surface area contributed by atoms with Crippen molar-refractivity contribution in [2.45, 2.75) is 23.0 Å². The van der Waals surface area contributed by atoms with Gasteiger partial charge in [-0.3, -0.25) is 9.59 Å². The molecule has 2 amide bonds. The third kappa shape index (κ3) is 5.27. The summed E-state index contributed by atoms with van der Waals surface area (Å²) in [5.41, 5.74) is 2.31. The summed E-state index contributed by atoms with van der Waals surface area (Å²) < 4.78 is 0. The van der Waals surface area contributed by atoms with Gasteiger partial charge in [-0.15, -0.1) is 11.8 Å². The molecular weight excluding hydrogens is 380 g/mol. The molecule has 5 heteroatoms. The monoisotopic (exact) mass is 402 g/mol. The van der Waals surface area contributed by atoms with Gasteiger partial charge in [0.15, 0.2) is 0 Å². The Morgan fingerprint density at radius 3 is 2.07 bits per heavy atom. The number of nitrogens with one attached hydrogen (secondary N) is 2. The number of hydrogen-bond donors (Lipinski definition) is 2. The van der Waals surface area contributed by atoms with Crippen LogP contribution in [-0.2, 0) is 9.59 Å². The molecule has 0 heterocycles. The molecule has 1 aliphatic carbocycles. The topological polar surface area (TPSA) is 58.2 Å². The van der Waals surface area contributed by atoms with Gasteiger partial charge in [0.25, 0.3) is 0 Å². The molecule has 0 bridgehead atoms. The van der Waals surface area contributed by atoms with Crippen LogP contribution in [0.25, 0.3) is 0 Å². The van der Waals surface area contributed by atoms with E-state index in [0.717, 1.165) is 23.3 Å². The van der Waals surface area contributed by atoms with Gasteiger partial charge < -0.3 is 10.6 Å².